The third-order valence-electron chi connectivity index (χ3n) is 3.28. The molecule has 25 heavy (non-hydrogen) atoms. The zero-order valence-corrected chi connectivity index (χ0v) is 15.5. The standard InChI is InChI=1S/C16H19ClN4O3S/c1-10(18-13(22)7-4-8-17)14(23)19-16-21-20-15(25-16)11-5-3-6-12(9-11)24-2/h3,5-6,9-10H,4,7-8H2,1-2H3,(H,18,22)(H,19,21,23). The summed E-state index contributed by atoms with van der Waals surface area (Å²) in [6.07, 6.45) is 0.863. The molecule has 2 amide bonds. The summed E-state index contributed by atoms with van der Waals surface area (Å²) in [5.74, 6) is 0.558. The summed E-state index contributed by atoms with van der Waals surface area (Å²) in [7, 11) is 1.59. The Kier molecular flexibility index (Phi) is 7.15. The lowest BCUT2D eigenvalue weighted by atomic mass is 10.2. The summed E-state index contributed by atoms with van der Waals surface area (Å²) in [6.45, 7) is 1.61. The molecule has 0 aliphatic rings. The normalized spacial score (nSPS) is 11.6. The number of halogens is 1. The number of nitrogens with zero attached hydrogens (tertiary/aromatic N) is 2. The number of aromatic nitrogens is 2. The lowest BCUT2D eigenvalue weighted by molar-refractivity contribution is -0.126. The number of nitrogens with one attached hydrogen (secondary N) is 2. The van der Waals surface area contributed by atoms with Crippen LogP contribution in [0, 0.1) is 0 Å². The summed E-state index contributed by atoms with van der Waals surface area (Å²) in [6, 6.07) is 6.74. The topological polar surface area (TPSA) is 93.2 Å². The number of carbonyl (C=O) groups excluding carboxylic acids is 2. The van der Waals surface area contributed by atoms with Crippen LogP contribution in [0.5, 0.6) is 5.75 Å². The number of hydrogen-bond acceptors (Lipinski definition) is 6. The van der Waals surface area contributed by atoms with E-state index in [1.165, 1.54) is 11.3 Å². The van der Waals surface area contributed by atoms with Gasteiger partial charge >= 0.3 is 0 Å². The number of hydrogen-bond donors (Lipinski definition) is 2. The Hall–Kier alpha value is -2.19. The van der Waals surface area contributed by atoms with Gasteiger partial charge in [0, 0.05) is 17.9 Å². The minimum absolute atomic E-state index is 0.211. The Morgan fingerprint density at radius 2 is 2.16 bits per heavy atom. The molecule has 0 bridgehead atoms. The van der Waals surface area contributed by atoms with Crippen LogP contribution in [-0.2, 0) is 9.59 Å². The molecule has 0 saturated carbocycles. The number of methoxy groups -OCH3 is 1. The van der Waals surface area contributed by atoms with Gasteiger partial charge in [-0.25, -0.2) is 0 Å². The second kappa shape index (κ2) is 9.33. The molecule has 0 radical (unpaired) electrons. The molecule has 2 N–H and O–H groups in total. The first kappa shape index (κ1) is 19.1. The van der Waals surface area contributed by atoms with E-state index in [9.17, 15) is 9.59 Å². The second-order valence-electron chi connectivity index (χ2n) is 5.22. The van der Waals surface area contributed by atoms with Crippen LogP contribution in [0.25, 0.3) is 10.6 Å². The first-order valence-corrected chi connectivity index (χ1v) is 9.02. The maximum atomic E-state index is 12.1. The number of ether oxygens (including phenoxy) is 1. The van der Waals surface area contributed by atoms with Crippen LogP contribution < -0.4 is 15.4 Å². The van der Waals surface area contributed by atoms with Crippen LogP contribution in [0.3, 0.4) is 0 Å². The van der Waals surface area contributed by atoms with Crippen molar-refractivity contribution < 1.29 is 14.3 Å². The minimum atomic E-state index is -0.674. The predicted molar refractivity (Wildman–Crippen MR) is 98.1 cm³/mol. The SMILES string of the molecule is COc1cccc(-c2nnc(NC(=O)C(C)NC(=O)CCCCl)s2)c1. The van der Waals surface area contributed by atoms with Crippen molar-refractivity contribution in [2.24, 2.45) is 0 Å². The van der Waals surface area contributed by atoms with Gasteiger partial charge in [0.05, 0.1) is 7.11 Å². The number of amides is 2. The molecule has 0 spiro atoms. The molecule has 0 aliphatic carbocycles. The van der Waals surface area contributed by atoms with Crippen LogP contribution >= 0.6 is 22.9 Å². The van der Waals surface area contributed by atoms with E-state index in [4.69, 9.17) is 16.3 Å². The fourth-order valence-corrected chi connectivity index (χ4v) is 2.84. The van der Waals surface area contributed by atoms with Gasteiger partial charge in [-0.1, -0.05) is 23.5 Å². The highest BCUT2D eigenvalue weighted by molar-refractivity contribution is 7.18. The summed E-state index contributed by atoms with van der Waals surface area (Å²) >= 11 is 6.79. The summed E-state index contributed by atoms with van der Waals surface area (Å²) in [4.78, 5) is 23.8. The van der Waals surface area contributed by atoms with E-state index in [1.807, 2.05) is 24.3 Å². The molecular formula is C16H19ClN4O3S. The van der Waals surface area contributed by atoms with E-state index in [0.717, 1.165) is 5.56 Å². The maximum Gasteiger partial charge on any atom is 0.248 e. The highest BCUT2D eigenvalue weighted by atomic mass is 35.5. The van der Waals surface area contributed by atoms with Gasteiger partial charge in [-0.2, -0.15) is 0 Å². The van der Waals surface area contributed by atoms with Gasteiger partial charge < -0.3 is 10.1 Å². The molecule has 1 aromatic heterocycles. The van der Waals surface area contributed by atoms with Gasteiger partial charge in [0.2, 0.25) is 16.9 Å². The Balaban J connectivity index is 1.95. The molecule has 1 aromatic carbocycles. The molecule has 0 saturated heterocycles. The fourth-order valence-electron chi connectivity index (χ4n) is 1.97. The number of rotatable bonds is 8. The molecule has 1 unspecified atom stereocenters. The lowest BCUT2D eigenvalue weighted by Gasteiger charge is -2.12. The molecule has 2 aromatic rings. The average molecular weight is 383 g/mol. The number of anilines is 1. The number of alkyl halides is 1. The van der Waals surface area contributed by atoms with Gasteiger partial charge in [-0.3, -0.25) is 14.9 Å². The Morgan fingerprint density at radius 1 is 1.36 bits per heavy atom. The molecular weight excluding hydrogens is 364 g/mol. The van der Waals surface area contributed by atoms with Crippen molar-refractivity contribution in [2.75, 3.05) is 18.3 Å². The Bertz CT molecular complexity index is 738. The van der Waals surface area contributed by atoms with Gasteiger partial charge in [-0.15, -0.1) is 21.8 Å². The molecule has 7 nitrogen and oxygen atoms in total. The van der Waals surface area contributed by atoms with Crippen LogP contribution in [0.1, 0.15) is 19.8 Å². The van der Waals surface area contributed by atoms with Crippen molar-refractivity contribution in [1.29, 1.82) is 0 Å². The van der Waals surface area contributed by atoms with E-state index >= 15 is 0 Å². The predicted octanol–water partition coefficient (Wildman–Crippen LogP) is 2.68. The van der Waals surface area contributed by atoms with Gasteiger partial charge in [0.15, 0.2) is 0 Å². The molecule has 1 atom stereocenters. The monoisotopic (exact) mass is 382 g/mol. The zero-order valence-electron chi connectivity index (χ0n) is 13.9. The van der Waals surface area contributed by atoms with E-state index in [0.29, 0.717) is 34.6 Å². The van der Waals surface area contributed by atoms with Crippen molar-refractivity contribution in [2.45, 2.75) is 25.8 Å². The minimum Gasteiger partial charge on any atom is -0.497 e. The lowest BCUT2D eigenvalue weighted by Crippen LogP contribution is -2.41. The van der Waals surface area contributed by atoms with E-state index in [2.05, 4.69) is 20.8 Å². The van der Waals surface area contributed by atoms with E-state index in [-0.39, 0.29) is 11.8 Å². The van der Waals surface area contributed by atoms with Crippen molar-refractivity contribution >= 4 is 39.9 Å². The third-order valence-corrected chi connectivity index (χ3v) is 4.44. The highest BCUT2D eigenvalue weighted by Crippen LogP contribution is 2.28. The van der Waals surface area contributed by atoms with E-state index in [1.54, 1.807) is 14.0 Å². The van der Waals surface area contributed by atoms with Crippen LogP contribution in [0.4, 0.5) is 5.13 Å². The van der Waals surface area contributed by atoms with Gasteiger partial charge in [-0.05, 0) is 25.5 Å². The number of carbonyl (C=O) groups is 2. The quantitative estimate of drug-likeness (QED) is 0.684. The van der Waals surface area contributed by atoms with Crippen molar-refractivity contribution in [3.63, 3.8) is 0 Å². The molecule has 0 fully saturated rings. The average Bonchev–Trinajstić information content (AvgIpc) is 3.08. The molecule has 134 valence electrons. The second-order valence-corrected chi connectivity index (χ2v) is 6.57. The van der Waals surface area contributed by atoms with Gasteiger partial charge in [0.25, 0.3) is 0 Å². The van der Waals surface area contributed by atoms with Crippen molar-refractivity contribution in [3.8, 4) is 16.3 Å². The van der Waals surface area contributed by atoms with Crippen molar-refractivity contribution in [3.05, 3.63) is 24.3 Å². The molecule has 0 aliphatic heterocycles. The van der Waals surface area contributed by atoms with Crippen LogP contribution in [0.2, 0.25) is 0 Å². The molecule has 2 rings (SSSR count). The van der Waals surface area contributed by atoms with Crippen molar-refractivity contribution in [1.82, 2.24) is 15.5 Å². The smallest absolute Gasteiger partial charge is 0.248 e. The third kappa shape index (κ3) is 5.68. The Morgan fingerprint density at radius 3 is 2.88 bits per heavy atom. The zero-order chi connectivity index (χ0) is 18.2. The van der Waals surface area contributed by atoms with Crippen LogP contribution in [-0.4, -0.2) is 41.0 Å². The Labute approximate surface area is 154 Å². The molecule has 1 heterocycles. The van der Waals surface area contributed by atoms with E-state index < -0.39 is 6.04 Å². The maximum absolute atomic E-state index is 12.1. The summed E-state index contributed by atoms with van der Waals surface area (Å²) in [5, 5.41) is 14.3. The highest BCUT2D eigenvalue weighted by Gasteiger charge is 2.17. The molecule has 9 heteroatoms. The first-order chi connectivity index (χ1) is 12.0. The van der Waals surface area contributed by atoms with Crippen LogP contribution in [0.15, 0.2) is 24.3 Å². The number of benzene rings is 1. The first-order valence-electron chi connectivity index (χ1n) is 7.67. The summed E-state index contributed by atoms with van der Waals surface area (Å²) in [5.41, 5.74) is 0.847. The fraction of sp³-hybridized carbons (Fsp3) is 0.375. The largest absolute Gasteiger partial charge is 0.497 e. The van der Waals surface area contributed by atoms with Gasteiger partial charge in [0.1, 0.15) is 16.8 Å². The summed E-state index contributed by atoms with van der Waals surface area (Å²) < 4.78 is 5.18.